The molecule has 0 saturated carbocycles. The molecule has 0 aliphatic carbocycles. The Morgan fingerprint density at radius 3 is 2.76 bits per heavy atom. The lowest BCUT2D eigenvalue weighted by Gasteiger charge is -2.20. The highest BCUT2D eigenvalue weighted by Crippen LogP contribution is 2.18. The SMILES string of the molecule is CCC(NC(C)c1ccccn1)c1ncc[nH]1. The molecule has 0 radical (unpaired) electrons. The number of aromatic amines is 1. The molecule has 0 fully saturated rings. The van der Waals surface area contributed by atoms with Crippen molar-refractivity contribution in [2.24, 2.45) is 0 Å². The summed E-state index contributed by atoms with van der Waals surface area (Å²) in [5.74, 6) is 0.982. The van der Waals surface area contributed by atoms with E-state index >= 15 is 0 Å². The molecule has 2 atom stereocenters. The third-order valence-electron chi connectivity index (χ3n) is 2.84. The van der Waals surface area contributed by atoms with Gasteiger partial charge in [-0.25, -0.2) is 4.98 Å². The molecule has 0 amide bonds. The van der Waals surface area contributed by atoms with E-state index in [0.717, 1.165) is 17.9 Å². The molecule has 0 aromatic carbocycles. The molecule has 90 valence electrons. The number of aromatic nitrogens is 3. The molecule has 2 aromatic heterocycles. The van der Waals surface area contributed by atoms with Crippen molar-refractivity contribution in [2.45, 2.75) is 32.4 Å². The number of rotatable bonds is 5. The van der Waals surface area contributed by atoms with E-state index in [4.69, 9.17) is 0 Å². The van der Waals surface area contributed by atoms with Crippen LogP contribution in [0.2, 0.25) is 0 Å². The minimum absolute atomic E-state index is 0.214. The number of nitrogens with zero attached hydrogens (tertiary/aromatic N) is 2. The van der Waals surface area contributed by atoms with Gasteiger partial charge in [0.05, 0.1) is 11.7 Å². The fourth-order valence-corrected chi connectivity index (χ4v) is 1.88. The fourth-order valence-electron chi connectivity index (χ4n) is 1.88. The zero-order valence-corrected chi connectivity index (χ0v) is 10.2. The second-order valence-corrected chi connectivity index (χ2v) is 4.08. The van der Waals surface area contributed by atoms with E-state index in [0.29, 0.717) is 0 Å². The Labute approximate surface area is 102 Å². The molecule has 4 nitrogen and oxygen atoms in total. The van der Waals surface area contributed by atoms with Crippen molar-refractivity contribution in [1.82, 2.24) is 20.3 Å². The average molecular weight is 230 g/mol. The number of pyridine rings is 1. The van der Waals surface area contributed by atoms with Gasteiger partial charge < -0.3 is 4.98 Å². The zero-order chi connectivity index (χ0) is 12.1. The highest BCUT2D eigenvalue weighted by Gasteiger charge is 2.15. The maximum atomic E-state index is 4.35. The van der Waals surface area contributed by atoms with Crippen LogP contribution in [-0.2, 0) is 0 Å². The third kappa shape index (κ3) is 2.91. The van der Waals surface area contributed by atoms with Gasteiger partial charge in [0.15, 0.2) is 0 Å². The summed E-state index contributed by atoms with van der Waals surface area (Å²) in [5.41, 5.74) is 1.05. The van der Waals surface area contributed by atoms with Gasteiger partial charge in [-0.1, -0.05) is 13.0 Å². The Bertz CT molecular complexity index is 424. The zero-order valence-electron chi connectivity index (χ0n) is 10.2. The molecule has 4 heteroatoms. The predicted molar refractivity (Wildman–Crippen MR) is 67.4 cm³/mol. The highest BCUT2D eigenvalue weighted by atomic mass is 15.0. The Hall–Kier alpha value is -1.68. The van der Waals surface area contributed by atoms with Crippen LogP contribution >= 0.6 is 0 Å². The Balaban J connectivity index is 2.05. The van der Waals surface area contributed by atoms with Crippen LogP contribution in [0.1, 0.15) is 43.9 Å². The van der Waals surface area contributed by atoms with E-state index in [1.807, 2.05) is 30.6 Å². The fraction of sp³-hybridized carbons (Fsp3) is 0.385. The van der Waals surface area contributed by atoms with E-state index in [2.05, 4.69) is 34.1 Å². The largest absolute Gasteiger partial charge is 0.347 e. The first-order chi connectivity index (χ1) is 8.31. The summed E-state index contributed by atoms with van der Waals surface area (Å²) in [6.07, 6.45) is 6.45. The number of nitrogens with one attached hydrogen (secondary N) is 2. The molecule has 0 saturated heterocycles. The second-order valence-electron chi connectivity index (χ2n) is 4.08. The van der Waals surface area contributed by atoms with Gasteiger partial charge in [0, 0.05) is 24.6 Å². The molecule has 2 heterocycles. The maximum Gasteiger partial charge on any atom is 0.123 e. The maximum absolute atomic E-state index is 4.35. The van der Waals surface area contributed by atoms with Crippen molar-refractivity contribution in [2.75, 3.05) is 0 Å². The molecule has 2 unspecified atom stereocenters. The van der Waals surface area contributed by atoms with E-state index in [9.17, 15) is 0 Å². The van der Waals surface area contributed by atoms with Crippen LogP contribution in [-0.4, -0.2) is 15.0 Å². The third-order valence-corrected chi connectivity index (χ3v) is 2.84. The van der Waals surface area contributed by atoms with E-state index in [-0.39, 0.29) is 12.1 Å². The van der Waals surface area contributed by atoms with Crippen LogP contribution in [0.5, 0.6) is 0 Å². The van der Waals surface area contributed by atoms with Gasteiger partial charge >= 0.3 is 0 Å². The number of hydrogen-bond acceptors (Lipinski definition) is 3. The van der Waals surface area contributed by atoms with Crippen LogP contribution in [0.3, 0.4) is 0 Å². The summed E-state index contributed by atoms with van der Waals surface area (Å²) < 4.78 is 0. The van der Waals surface area contributed by atoms with Gasteiger partial charge in [0.1, 0.15) is 5.82 Å². The van der Waals surface area contributed by atoms with E-state index < -0.39 is 0 Å². The van der Waals surface area contributed by atoms with Gasteiger partial charge in [0.2, 0.25) is 0 Å². The van der Waals surface area contributed by atoms with Crippen molar-refractivity contribution in [3.05, 3.63) is 48.3 Å². The highest BCUT2D eigenvalue weighted by molar-refractivity contribution is 5.09. The number of imidazole rings is 1. The minimum Gasteiger partial charge on any atom is -0.347 e. The predicted octanol–water partition coefficient (Wildman–Crippen LogP) is 2.61. The molecular formula is C13H18N4. The standard InChI is InChI=1S/C13H18N4/c1-3-11(13-15-8-9-16-13)17-10(2)12-6-4-5-7-14-12/h4-11,17H,3H2,1-2H3,(H,15,16). The summed E-state index contributed by atoms with van der Waals surface area (Å²) in [6, 6.07) is 6.43. The molecule has 0 spiro atoms. The minimum atomic E-state index is 0.214. The first-order valence-electron chi connectivity index (χ1n) is 5.97. The van der Waals surface area contributed by atoms with Crippen LogP contribution in [0.15, 0.2) is 36.8 Å². The van der Waals surface area contributed by atoms with Gasteiger partial charge in [-0.15, -0.1) is 0 Å². The summed E-state index contributed by atoms with van der Waals surface area (Å²) in [4.78, 5) is 11.8. The van der Waals surface area contributed by atoms with Crippen LogP contribution in [0, 0.1) is 0 Å². The Morgan fingerprint density at radius 2 is 2.18 bits per heavy atom. The summed E-state index contributed by atoms with van der Waals surface area (Å²) in [5, 5.41) is 3.53. The topological polar surface area (TPSA) is 53.6 Å². The van der Waals surface area contributed by atoms with Crippen molar-refractivity contribution < 1.29 is 0 Å². The molecule has 0 aliphatic heterocycles. The smallest absolute Gasteiger partial charge is 0.123 e. The normalized spacial score (nSPS) is 14.5. The van der Waals surface area contributed by atoms with Crippen LogP contribution in [0.4, 0.5) is 0 Å². The van der Waals surface area contributed by atoms with Gasteiger partial charge in [-0.05, 0) is 25.5 Å². The van der Waals surface area contributed by atoms with Gasteiger partial charge in [-0.3, -0.25) is 10.3 Å². The molecule has 0 bridgehead atoms. The molecule has 0 aliphatic rings. The lowest BCUT2D eigenvalue weighted by atomic mass is 10.1. The van der Waals surface area contributed by atoms with Crippen LogP contribution in [0.25, 0.3) is 0 Å². The Kier molecular flexibility index (Phi) is 3.88. The molecule has 2 aromatic rings. The molecule has 17 heavy (non-hydrogen) atoms. The van der Waals surface area contributed by atoms with Crippen molar-refractivity contribution in [3.8, 4) is 0 Å². The van der Waals surface area contributed by atoms with Crippen molar-refractivity contribution >= 4 is 0 Å². The molecular weight excluding hydrogens is 212 g/mol. The summed E-state index contributed by atoms with van der Waals surface area (Å²) in [6.45, 7) is 4.26. The molecule has 2 rings (SSSR count). The van der Waals surface area contributed by atoms with Crippen molar-refractivity contribution in [1.29, 1.82) is 0 Å². The monoisotopic (exact) mass is 230 g/mol. The first kappa shape index (κ1) is 11.8. The quantitative estimate of drug-likeness (QED) is 0.830. The van der Waals surface area contributed by atoms with E-state index in [1.165, 1.54) is 0 Å². The second kappa shape index (κ2) is 5.59. The first-order valence-corrected chi connectivity index (χ1v) is 5.97. The molecule has 2 N–H and O–H groups in total. The lowest BCUT2D eigenvalue weighted by Crippen LogP contribution is -2.25. The summed E-state index contributed by atoms with van der Waals surface area (Å²) in [7, 11) is 0. The lowest BCUT2D eigenvalue weighted by molar-refractivity contribution is 0.435. The number of H-pyrrole nitrogens is 1. The Morgan fingerprint density at radius 1 is 1.29 bits per heavy atom. The number of hydrogen-bond donors (Lipinski definition) is 2. The van der Waals surface area contributed by atoms with Gasteiger partial charge in [-0.2, -0.15) is 0 Å². The average Bonchev–Trinajstić information content (AvgIpc) is 2.90. The summed E-state index contributed by atoms with van der Waals surface area (Å²) >= 11 is 0. The van der Waals surface area contributed by atoms with Crippen molar-refractivity contribution in [3.63, 3.8) is 0 Å². The van der Waals surface area contributed by atoms with E-state index in [1.54, 1.807) is 6.20 Å². The van der Waals surface area contributed by atoms with Gasteiger partial charge in [0.25, 0.3) is 0 Å². The van der Waals surface area contributed by atoms with Crippen LogP contribution < -0.4 is 5.32 Å².